The largest absolute Gasteiger partial charge is 0.376 e. The molecule has 1 atom stereocenters. The van der Waals surface area contributed by atoms with E-state index in [1.165, 1.54) is 71.2 Å². The summed E-state index contributed by atoms with van der Waals surface area (Å²) in [6.07, 6.45) is 9.11. The van der Waals surface area contributed by atoms with Gasteiger partial charge < -0.3 is 9.64 Å². The van der Waals surface area contributed by atoms with Gasteiger partial charge in [-0.1, -0.05) is 13.3 Å². The van der Waals surface area contributed by atoms with Crippen molar-refractivity contribution in [3.8, 4) is 0 Å². The molecular formula is C21H42N2O. The Labute approximate surface area is 151 Å². The smallest absolute Gasteiger partial charge is 0.0578 e. The van der Waals surface area contributed by atoms with E-state index in [1.807, 2.05) is 0 Å². The normalized spacial score (nSPS) is 28.6. The molecule has 1 saturated carbocycles. The number of hydrogen-bond donors (Lipinski definition) is 0. The number of rotatable bonds is 8. The van der Waals surface area contributed by atoms with E-state index in [1.54, 1.807) is 0 Å². The average Bonchev–Trinajstić information content (AvgIpc) is 2.54. The standard InChI is InChI=1S/C21H42N2O/c1-17(2)23-14-12-22(13-15-23)16-19(5)6-7-20-8-10-21(11-9-20)24-18(3)4/h17-21H,6-16H2,1-5H3/t19-,20?,21?/m0/s1. The van der Waals surface area contributed by atoms with Crippen LogP contribution in [0.5, 0.6) is 0 Å². The van der Waals surface area contributed by atoms with Gasteiger partial charge in [0, 0.05) is 38.8 Å². The van der Waals surface area contributed by atoms with Crippen LogP contribution in [0.15, 0.2) is 0 Å². The molecule has 3 nitrogen and oxygen atoms in total. The van der Waals surface area contributed by atoms with Crippen molar-refractivity contribution in [3.05, 3.63) is 0 Å². The Morgan fingerprint density at radius 1 is 0.875 bits per heavy atom. The highest BCUT2D eigenvalue weighted by molar-refractivity contribution is 4.77. The van der Waals surface area contributed by atoms with Gasteiger partial charge in [0.25, 0.3) is 0 Å². The summed E-state index contributed by atoms with van der Waals surface area (Å²) in [5.41, 5.74) is 0. The van der Waals surface area contributed by atoms with Crippen LogP contribution < -0.4 is 0 Å². The van der Waals surface area contributed by atoms with Crippen molar-refractivity contribution < 1.29 is 4.74 Å². The Bertz CT molecular complexity index is 329. The van der Waals surface area contributed by atoms with Gasteiger partial charge in [-0.15, -0.1) is 0 Å². The molecule has 0 radical (unpaired) electrons. The minimum atomic E-state index is 0.391. The first-order valence-corrected chi connectivity index (χ1v) is 10.6. The van der Waals surface area contributed by atoms with E-state index in [2.05, 4.69) is 44.4 Å². The summed E-state index contributed by atoms with van der Waals surface area (Å²) in [5, 5.41) is 0. The molecule has 3 heteroatoms. The molecule has 0 N–H and O–H groups in total. The van der Waals surface area contributed by atoms with Gasteiger partial charge in [0.15, 0.2) is 0 Å². The molecule has 2 fully saturated rings. The summed E-state index contributed by atoms with van der Waals surface area (Å²) in [6, 6.07) is 0.708. The van der Waals surface area contributed by atoms with Crippen LogP contribution in [0.2, 0.25) is 0 Å². The van der Waals surface area contributed by atoms with Gasteiger partial charge in [-0.2, -0.15) is 0 Å². The molecule has 0 bridgehead atoms. The molecule has 142 valence electrons. The van der Waals surface area contributed by atoms with Crippen molar-refractivity contribution >= 4 is 0 Å². The Morgan fingerprint density at radius 3 is 2.04 bits per heavy atom. The van der Waals surface area contributed by atoms with Crippen molar-refractivity contribution in [1.82, 2.24) is 9.80 Å². The van der Waals surface area contributed by atoms with E-state index in [0.717, 1.165) is 11.8 Å². The minimum Gasteiger partial charge on any atom is -0.376 e. The van der Waals surface area contributed by atoms with Crippen molar-refractivity contribution in [1.29, 1.82) is 0 Å². The molecule has 1 aliphatic carbocycles. The second-order valence-corrected chi connectivity index (χ2v) is 8.94. The third-order valence-electron chi connectivity index (χ3n) is 6.03. The first-order valence-electron chi connectivity index (χ1n) is 10.6. The Balaban J connectivity index is 1.56. The Morgan fingerprint density at radius 2 is 1.50 bits per heavy atom. The van der Waals surface area contributed by atoms with Crippen LogP contribution in [0.3, 0.4) is 0 Å². The topological polar surface area (TPSA) is 15.7 Å². The molecule has 1 aliphatic heterocycles. The van der Waals surface area contributed by atoms with E-state index in [0.29, 0.717) is 18.2 Å². The maximum absolute atomic E-state index is 5.98. The predicted octanol–water partition coefficient (Wildman–Crippen LogP) is 4.41. The zero-order chi connectivity index (χ0) is 17.5. The molecule has 24 heavy (non-hydrogen) atoms. The fourth-order valence-corrected chi connectivity index (χ4v) is 4.46. The van der Waals surface area contributed by atoms with Crippen molar-refractivity contribution in [2.75, 3.05) is 32.7 Å². The lowest BCUT2D eigenvalue weighted by atomic mass is 9.83. The van der Waals surface area contributed by atoms with Gasteiger partial charge in [-0.05, 0) is 71.6 Å². The molecule has 0 aromatic heterocycles. The van der Waals surface area contributed by atoms with Gasteiger partial charge in [0.2, 0.25) is 0 Å². The summed E-state index contributed by atoms with van der Waals surface area (Å²) in [7, 11) is 0. The monoisotopic (exact) mass is 338 g/mol. The number of hydrogen-bond acceptors (Lipinski definition) is 3. The van der Waals surface area contributed by atoms with Crippen LogP contribution in [0, 0.1) is 11.8 Å². The van der Waals surface area contributed by atoms with Crippen molar-refractivity contribution in [2.45, 2.75) is 91.4 Å². The lowest BCUT2D eigenvalue weighted by Crippen LogP contribution is -2.49. The summed E-state index contributed by atoms with van der Waals surface area (Å²) in [5.74, 6) is 1.80. The Hall–Kier alpha value is -0.120. The molecule has 1 saturated heterocycles. The SMILES string of the molecule is CC(C)OC1CCC(CC[C@H](C)CN2CCN(C(C)C)CC2)CC1. The average molecular weight is 339 g/mol. The second kappa shape index (κ2) is 10.1. The molecule has 1 heterocycles. The molecule has 2 rings (SSSR count). The quantitative estimate of drug-likeness (QED) is 0.652. The highest BCUT2D eigenvalue weighted by Gasteiger charge is 2.24. The number of ether oxygens (including phenoxy) is 1. The van der Waals surface area contributed by atoms with Crippen LogP contribution in [0.1, 0.15) is 73.1 Å². The van der Waals surface area contributed by atoms with E-state index < -0.39 is 0 Å². The van der Waals surface area contributed by atoms with E-state index >= 15 is 0 Å². The first kappa shape index (κ1) is 20.2. The predicted molar refractivity (Wildman–Crippen MR) is 104 cm³/mol. The van der Waals surface area contributed by atoms with Crippen LogP contribution in [-0.2, 0) is 4.74 Å². The number of piperazine rings is 1. The maximum atomic E-state index is 5.98. The molecule has 0 aromatic carbocycles. The van der Waals surface area contributed by atoms with Gasteiger partial charge in [0.1, 0.15) is 0 Å². The Kier molecular flexibility index (Phi) is 8.53. The second-order valence-electron chi connectivity index (χ2n) is 8.94. The van der Waals surface area contributed by atoms with Crippen molar-refractivity contribution in [2.24, 2.45) is 11.8 Å². The molecular weight excluding hydrogens is 296 g/mol. The number of nitrogens with zero attached hydrogens (tertiary/aromatic N) is 2. The summed E-state index contributed by atoms with van der Waals surface area (Å²) < 4.78 is 5.98. The molecule has 0 amide bonds. The fraction of sp³-hybridized carbons (Fsp3) is 1.00. The van der Waals surface area contributed by atoms with Gasteiger partial charge in [-0.25, -0.2) is 0 Å². The van der Waals surface area contributed by atoms with Gasteiger partial charge in [0.05, 0.1) is 12.2 Å². The van der Waals surface area contributed by atoms with E-state index in [4.69, 9.17) is 4.74 Å². The van der Waals surface area contributed by atoms with Crippen LogP contribution >= 0.6 is 0 Å². The van der Waals surface area contributed by atoms with Crippen LogP contribution in [-0.4, -0.2) is 60.8 Å². The van der Waals surface area contributed by atoms with Gasteiger partial charge in [-0.3, -0.25) is 4.90 Å². The first-order chi connectivity index (χ1) is 11.4. The highest BCUT2D eigenvalue weighted by Crippen LogP contribution is 2.31. The molecule has 2 aliphatic rings. The molecule has 0 aromatic rings. The van der Waals surface area contributed by atoms with E-state index in [9.17, 15) is 0 Å². The molecule has 0 unspecified atom stereocenters. The minimum absolute atomic E-state index is 0.391. The third kappa shape index (κ3) is 7.01. The third-order valence-corrected chi connectivity index (χ3v) is 6.03. The zero-order valence-corrected chi connectivity index (χ0v) is 17.0. The highest BCUT2D eigenvalue weighted by atomic mass is 16.5. The van der Waals surface area contributed by atoms with Gasteiger partial charge >= 0.3 is 0 Å². The fourth-order valence-electron chi connectivity index (χ4n) is 4.46. The lowest BCUT2D eigenvalue weighted by molar-refractivity contribution is -0.0206. The zero-order valence-electron chi connectivity index (χ0n) is 17.0. The summed E-state index contributed by atoms with van der Waals surface area (Å²) in [6.45, 7) is 17.8. The molecule has 0 spiro atoms. The van der Waals surface area contributed by atoms with E-state index in [-0.39, 0.29) is 0 Å². The summed E-state index contributed by atoms with van der Waals surface area (Å²) in [4.78, 5) is 5.30. The lowest BCUT2D eigenvalue weighted by Gasteiger charge is -2.38. The van der Waals surface area contributed by atoms with Crippen LogP contribution in [0.4, 0.5) is 0 Å². The van der Waals surface area contributed by atoms with Crippen molar-refractivity contribution in [3.63, 3.8) is 0 Å². The van der Waals surface area contributed by atoms with Crippen LogP contribution in [0.25, 0.3) is 0 Å². The maximum Gasteiger partial charge on any atom is 0.0578 e. The summed E-state index contributed by atoms with van der Waals surface area (Å²) >= 11 is 0.